The predicted octanol–water partition coefficient (Wildman–Crippen LogP) is 2.84. The van der Waals surface area contributed by atoms with Gasteiger partial charge in [0.15, 0.2) is 5.69 Å². The van der Waals surface area contributed by atoms with E-state index in [4.69, 9.17) is 8.94 Å². The third kappa shape index (κ3) is 2.52. The Labute approximate surface area is 132 Å². The highest BCUT2D eigenvalue weighted by molar-refractivity contribution is 5.92. The number of fused-ring (bicyclic) bond motifs is 1. The normalized spacial score (nSPS) is 13.9. The van der Waals surface area contributed by atoms with Gasteiger partial charge < -0.3 is 13.8 Å². The molecule has 2 aromatic heterocycles. The molecule has 116 valence electrons. The molecule has 0 aliphatic carbocycles. The van der Waals surface area contributed by atoms with E-state index in [1.54, 1.807) is 17.9 Å². The summed E-state index contributed by atoms with van der Waals surface area (Å²) in [6.45, 7) is 2.78. The van der Waals surface area contributed by atoms with Crippen LogP contribution in [0.1, 0.15) is 27.7 Å². The first-order chi connectivity index (χ1) is 11.2. The van der Waals surface area contributed by atoms with Gasteiger partial charge in [-0.05, 0) is 19.1 Å². The molecule has 4 rings (SSSR count). The molecular weight excluding hydrogens is 294 g/mol. The molecule has 0 saturated heterocycles. The molecule has 0 bridgehead atoms. The Morgan fingerprint density at radius 3 is 2.83 bits per heavy atom. The third-order valence-corrected chi connectivity index (χ3v) is 3.88. The summed E-state index contributed by atoms with van der Waals surface area (Å²) >= 11 is 0. The Balaban J connectivity index is 1.58. The molecule has 0 unspecified atom stereocenters. The van der Waals surface area contributed by atoms with E-state index in [1.165, 1.54) is 0 Å². The van der Waals surface area contributed by atoms with Crippen molar-refractivity contribution in [3.05, 3.63) is 59.3 Å². The minimum absolute atomic E-state index is 0.142. The zero-order valence-electron chi connectivity index (χ0n) is 12.7. The number of benzene rings is 1. The molecule has 23 heavy (non-hydrogen) atoms. The van der Waals surface area contributed by atoms with E-state index in [1.807, 2.05) is 30.3 Å². The Hall–Kier alpha value is -2.89. The van der Waals surface area contributed by atoms with Crippen LogP contribution in [0.25, 0.3) is 11.5 Å². The van der Waals surface area contributed by atoms with Crippen molar-refractivity contribution in [2.24, 2.45) is 0 Å². The van der Waals surface area contributed by atoms with Gasteiger partial charge in [-0.15, -0.1) is 0 Å². The van der Waals surface area contributed by atoms with Crippen molar-refractivity contribution in [2.75, 3.05) is 6.54 Å². The maximum Gasteiger partial charge on any atom is 0.276 e. The van der Waals surface area contributed by atoms with Crippen LogP contribution in [0.2, 0.25) is 0 Å². The van der Waals surface area contributed by atoms with Gasteiger partial charge in [-0.1, -0.05) is 23.4 Å². The Bertz CT molecular complexity index is 851. The number of amides is 1. The molecule has 6 nitrogen and oxygen atoms in total. The van der Waals surface area contributed by atoms with Gasteiger partial charge in [-0.2, -0.15) is 0 Å². The summed E-state index contributed by atoms with van der Waals surface area (Å²) in [5.41, 5.74) is 2.08. The first-order valence-corrected chi connectivity index (χ1v) is 7.47. The first-order valence-electron chi connectivity index (χ1n) is 7.47. The molecule has 3 aromatic rings. The standard InChI is InChI=1S/C17H15N3O3/c1-11-9-13(19-23-11)17(21)20-8-7-15-14(10-20)18-16(22-15)12-5-3-2-4-6-12/h2-6,9H,7-8,10H2,1H3. The van der Waals surface area contributed by atoms with Gasteiger partial charge in [0.05, 0.1) is 6.54 Å². The van der Waals surface area contributed by atoms with Crippen LogP contribution in [0, 0.1) is 6.92 Å². The molecule has 1 aliphatic rings. The van der Waals surface area contributed by atoms with E-state index < -0.39 is 0 Å². The van der Waals surface area contributed by atoms with Gasteiger partial charge >= 0.3 is 0 Å². The van der Waals surface area contributed by atoms with Crippen molar-refractivity contribution in [2.45, 2.75) is 19.9 Å². The van der Waals surface area contributed by atoms with Crippen LogP contribution in [-0.2, 0) is 13.0 Å². The molecule has 0 fully saturated rings. The fourth-order valence-electron chi connectivity index (χ4n) is 2.71. The van der Waals surface area contributed by atoms with Crippen LogP contribution >= 0.6 is 0 Å². The van der Waals surface area contributed by atoms with Gasteiger partial charge in [0, 0.05) is 24.6 Å². The number of hydrogen-bond acceptors (Lipinski definition) is 5. The molecule has 3 heterocycles. The van der Waals surface area contributed by atoms with Crippen molar-refractivity contribution in [1.82, 2.24) is 15.0 Å². The highest BCUT2D eigenvalue weighted by Gasteiger charge is 2.27. The van der Waals surface area contributed by atoms with Crippen LogP contribution in [-0.4, -0.2) is 27.5 Å². The average molecular weight is 309 g/mol. The maximum absolute atomic E-state index is 12.4. The fraction of sp³-hybridized carbons (Fsp3) is 0.235. The number of hydrogen-bond donors (Lipinski definition) is 0. The lowest BCUT2D eigenvalue weighted by molar-refractivity contribution is 0.0717. The summed E-state index contributed by atoms with van der Waals surface area (Å²) in [6, 6.07) is 11.4. The van der Waals surface area contributed by atoms with E-state index in [9.17, 15) is 4.79 Å². The number of carbonyl (C=O) groups is 1. The predicted molar refractivity (Wildman–Crippen MR) is 81.6 cm³/mol. The molecule has 1 aliphatic heterocycles. The Kier molecular flexibility index (Phi) is 3.22. The van der Waals surface area contributed by atoms with Gasteiger partial charge in [-0.3, -0.25) is 4.79 Å². The number of nitrogens with zero attached hydrogens (tertiary/aromatic N) is 3. The lowest BCUT2D eigenvalue weighted by Crippen LogP contribution is -2.36. The van der Waals surface area contributed by atoms with E-state index >= 15 is 0 Å². The molecule has 6 heteroatoms. The van der Waals surface area contributed by atoms with Crippen LogP contribution in [0.5, 0.6) is 0 Å². The fourth-order valence-corrected chi connectivity index (χ4v) is 2.71. The second kappa shape index (κ2) is 5.39. The summed E-state index contributed by atoms with van der Waals surface area (Å²) < 4.78 is 10.8. The number of aromatic nitrogens is 2. The maximum atomic E-state index is 12.4. The Morgan fingerprint density at radius 2 is 2.09 bits per heavy atom. The topological polar surface area (TPSA) is 72.4 Å². The van der Waals surface area contributed by atoms with E-state index in [0.717, 1.165) is 17.0 Å². The molecule has 0 N–H and O–H groups in total. The summed E-state index contributed by atoms with van der Waals surface area (Å²) in [5, 5.41) is 3.79. The van der Waals surface area contributed by atoms with Crippen LogP contribution in [0.4, 0.5) is 0 Å². The van der Waals surface area contributed by atoms with E-state index in [0.29, 0.717) is 36.9 Å². The van der Waals surface area contributed by atoms with Crippen LogP contribution in [0.15, 0.2) is 45.3 Å². The van der Waals surface area contributed by atoms with Crippen molar-refractivity contribution in [3.8, 4) is 11.5 Å². The highest BCUT2D eigenvalue weighted by Crippen LogP contribution is 2.26. The minimum atomic E-state index is -0.142. The first kappa shape index (κ1) is 13.8. The quantitative estimate of drug-likeness (QED) is 0.728. The average Bonchev–Trinajstić information content (AvgIpc) is 3.20. The molecule has 0 atom stereocenters. The van der Waals surface area contributed by atoms with Crippen molar-refractivity contribution < 1.29 is 13.7 Å². The van der Waals surface area contributed by atoms with Crippen molar-refractivity contribution in [3.63, 3.8) is 0 Å². The van der Waals surface area contributed by atoms with Crippen LogP contribution < -0.4 is 0 Å². The lowest BCUT2D eigenvalue weighted by atomic mass is 10.1. The minimum Gasteiger partial charge on any atom is -0.441 e. The van der Waals surface area contributed by atoms with Gasteiger partial charge in [-0.25, -0.2) is 4.98 Å². The number of oxazole rings is 1. The number of carbonyl (C=O) groups excluding carboxylic acids is 1. The highest BCUT2D eigenvalue weighted by atomic mass is 16.5. The monoisotopic (exact) mass is 309 g/mol. The zero-order chi connectivity index (χ0) is 15.8. The molecule has 0 radical (unpaired) electrons. The van der Waals surface area contributed by atoms with Crippen molar-refractivity contribution in [1.29, 1.82) is 0 Å². The summed E-state index contributed by atoms with van der Waals surface area (Å²) in [4.78, 5) is 18.7. The lowest BCUT2D eigenvalue weighted by Gasteiger charge is -2.24. The molecule has 1 aromatic carbocycles. The second-order valence-corrected chi connectivity index (χ2v) is 5.55. The number of aryl methyl sites for hydroxylation is 1. The zero-order valence-corrected chi connectivity index (χ0v) is 12.7. The molecule has 1 amide bonds. The summed E-state index contributed by atoms with van der Waals surface area (Å²) in [7, 11) is 0. The SMILES string of the molecule is Cc1cc(C(=O)N2CCc3oc(-c4ccccc4)nc3C2)no1. The molecular formula is C17H15N3O3. The summed E-state index contributed by atoms with van der Waals surface area (Å²) in [6.07, 6.45) is 0.651. The van der Waals surface area contributed by atoms with Gasteiger partial charge in [0.1, 0.15) is 17.2 Å². The van der Waals surface area contributed by atoms with E-state index in [2.05, 4.69) is 10.1 Å². The second-order valence-electron chi connectivity index (χ2n) is 5.55. The Morgan fingerprint density at radius 1 is 1.26 bits per heavy atom. The van der Waals surface area contributed by atoms with Crippen molar-refractivity contribution >= 4 is 5.91 Å². The largest absolute Gasteiger partial charge is 0.441 e. The smallest absolute Gasteiger partial charge is 0.276 e. The van der Waals surface area contributed by atoms with E-state index in [-0.39, 0.29) is 5.91 Å². The number of rotatable bonds is 2. The van der Waals surface area contributed by atoms with Gasteiger partial charge in [0.2, 0.25) is 5.89 Å². The molecule has 0 spiro atoms. The molecule has 0 saturated carbocycles. The summed E-state index contributed by atoms with van der Waals surface area (Å²) in [5.74, 6) is 1.93. The third-order valence-electron chi connectivity index (χ3n) is 3.88. The van der Waals surface area contributed by atoms with Gasteiger partial charge in [0.25, 0.3) is 5.91 Å². The van der Waals surface area contributed by atoms with Crippen LogP contribution in [0.3, 0.4) is 0 Å².